The van der Waals surface area contributed by atoms with Gasteiger partial charge in [0.05, 0.1) is 29.1 Å². The second kappa shape index (κ2) is 6.28. The predicted molar refractivity (Wildman–Crippen MR) is 111 cm³/mol. The molecule has 29 heavy (non-hydrogen) atoms. The molecule has 0 aliphatic rings. The molecule has 6 aromatic rings. The van der Waals surface area contributed by atoms with Crippen LogP contribution in [0.2, 0.25) is 0 Å². The summed E-state index contributed by atoms with van der Waals surface area (Å²) in [6, 6.07) is 5.89. The van der Waals surface area contributed by atoms with Gasteiger partial charge >= 0.3 is 0 Å². The van der Waals surface area contributed by atoms with Gasteiger partial charge in [-0.1, -0.05) is 0 Å². The van der Waals surface area contributed by atoms with E-state index in [-0.39, 0.29) is 0 Å². The van der Waals surface area contributed by atoms with Crippen LogP contribution in [0, 0.1) is 0 Å². The Morgan fingerprint density at radius 1 is 0.828 bits per heavy atom. The highest BCUT2D eigenvalue weighted by molar-refractivity contribution is 7.08. The van der Waals surface area contributed by atoms with Crippen molar-refractivity contribution in [1.29, 1.82) is 0 Å². The van der Waals surface area contributed by atoms with Gasteiger partial charge in [-0.25, -0.2) is 9.97 Å². The normalized spacial score (nSPS) is 11.4. The van der Waals surface area contributed by atoms with Crippen molar-refractivity contribution >= 4 is 33.4 Å². The first-order valence-electron chi connectivity index (χ1n) is 8.85. The summed E-state index contributed by atoms with van der Waals surface area (Å²) in [6.07, 6.45) is 8.58. The van der Waals surface area contributed by atoms with Gasteiger partial charge in [0, 0.05) is 24.2 Å². The molecule has 9 heteroatoms. The molecule has 138 valence electrons. The average molecular weight is 396 g/mol. The van der Waals surface area contributed by atoms with E-state index < -0.39 is 0 Å². The number of nitrogens with one attached hydrogen (secondary N) is 2. The third-order valence-electron chi connectivity index (χ3n) is 4.68. The van der Waals surface area contributed by atoms with Crippen molar-refractivity contribution in [2.24, 2.45) is 0 Å². The summed E-state index contributed by atoms with van der Waals surface area (Å²) in [5.41, 5.74) is 7.42. The molecular weight excluding hydrogens is 384 g/mol. The minimum absolute atomic E-state index is 0.638. The lowest BCUT2D eigenvalue weighted by Gasteiger charge is -1.99. The molecule has 0 saturated heterocycles. The number of pyridine rings is 2. The van der Waals surface area contributed by atoms with Crippen molar-refractivity contribution in [3.8, 4) is 34.0 Å². The van der Waals surface area contributed by atoms with Crippen LogP contribution in [0.1, 0.15) is 0 Å². The number of aromatic nitrogens is 8. The van der Waals surface area contributed by atoms with Gasteiger partial charge in [-0.2, -0.15) is 16.4 Å². The summed E-state index contributed by atoms with van der Waals surface area (Å²) in [7, 11) is 0. The monoisotopic (exact) mass is 396 g/mol. The van der Waals surface area contributed by atoms with Crippen LogP contribution in [-0.2, 0) is 0 Å². The number of imidazole rings is 1. The fraction of sp³-hybridized carbons (Fsp3) is 0. The van der Waals surface area contributed by atoms with Crippen molar-refractivity contribution in [3.05, 3.63) is 59.9 Å². The quantitative estimate of drug-likeness (QED) is 0.466. The Balaban J connectivity index is 1.53. The third-order valence-corrected chi connectivity index (χ3v) is 5.37. The van der Waals surface area contributed by atoms with Crippen molar-refractivity contribution in [3.63, 3.8) is 0 Å². The summed E-state index contributed by atoms with van der Waals surface area (Å²) in [4.78, 5) is 25.7. The Hall–Kier alpha value is -3.98. The van der Waals surface area contributed by atoms with Gasteiger partial charge in [0.15, 0.2) is 11.5 Å². The van der Waals surface area contributed by atoms with E-state index in [4.69, 9.17) is 9.97 Å². The summed E-state index contributed by atoms with van der Waals surface area (Å²) in [5.74, 6) is 0.638. The van der Waals surface area contributed by atoms with Crippen LogP contribution >= 0.6 is 11.3 Å². The zero-order chi connectivity index (χ0) is 19.2. The van der Waals surface area contributed by atoms with Crippen LogP contribution in [0.4, 0.5) is 0 Å². The van der Waals surface area contributed by atoms with Crippen molar-refractivity contribution in [2.45, 2.75) is 0 Å². The molecule has 6 aromatic heterocycles. The first kappa shape index (κ1) is 16.0. The number of hydrogen-bond donors (Lipinski definition) is 2. The Morgan fingerprint density at radius 3 is 2.69 bits per heavy atom. The highest BCUT2D eigenvalue weighted by atomic mass is 32.1. The van der Waals surface area contributed by atoms with E-state index in [1.807, 2.05) is 23.7 Å². The number of rotatable bonds is 3. The fourth-order valence-corrected chi connectivity index (χ4v) is 3.97. The molecule has 6 heterocycles. The maximum absolute atomic E-state index is 4.82. The average Bonchev–Trinajstić information content (AvgIpc) is 3.52. The maximum Gasteiger partial charge on any atom is 0.161 e. The van der Waals surface area contributed by atoms with E-state index in [1.54, 1.807) is 36.1 Å². The van der Waals surface area contributed by atoms with E-state index in [0.717, 1.165) is 38.9 Å². The molecule has 0 spiro atoms. The van der Waals surface area contributed by atoms with Crippen LogP contribution in [0.3, 0.4) is 0 Å². The molecule has 0 bridgehead atoms. The molecule has 2 N–H and O–H groups in total. The molecule has 0 radical (unpaired) electrons. The molecular formula is C20H12N8S. The molecule has 0 atom stereocenters. The first-order valence-corrected chi connectivity index (χ1v) is 9.79. The molecule has 0 amide bonds. The largest absolute Gasteiger partial charge is 0.335 e. The second-order valence-electron chi connectivity index (χ2n) is 6.44. The zero-order valence-corrected chi connectivity index (χ0v) is 15.7. The fourth-order valence-electron chi connectivity index (χ4n) is 3.31. The number of H-pyrrole nitrogens is 2. The molecule has 0 fully saturated rings. The SMILES string of the molecule is c1cnc(-c2ccc3[nH]nc(-c4nc5c(-c6ccsc6)cncc5[nH]4)c3n2)cn1. The van der Waals surface area contributed by atoms with Crippen LogP contribution in [0.25, 0.3) is 56.1 Å². The third kappa shape index (κ3) is 2.59. The Labute approximate surface area is 167 Å². The summed E-state index contributed by atoms with van der Waals surface area (Å²) in [5, 5.41) is 11.6. The van der Waals surface area contributed by atoms with Gasteiger partial charge in [0.2, 0.25) is 0 Å². The van der Waals surface area contributed by atoms with E-state index >= 15 is 0 Å². The lowest BCUT2D eigenvalue weighted by Crippen LogP contribution is -1.89. The van der Waals surface area contributed by atoms with Crippen LogP contribution in [0.15, 0.2) is 59.9 Å². The van der Waals surface area contributed by atoms with E-state index in [9.17, 15) is 0 Å². The van der Waals surface area contributed by atoms with Crippen molar-refractivity contribution < 1.29 is 0 Å². The van der Waals surface area contributed by atoms with Gasteiger partial charge < -0.3 is 4.98 Å². The topological polar surface area (TPSA) is 109 Å². The van der Waals surface area contributed by atoms with Gasteiger partial charge in [0.1, 0.15) is 16.7 Å². The molecule has 0 unspecified atom stereocenters. The highest BCUT2D eigenvalue weighted by Gasteiger charge is 2.17. The Kier molecular flexibility index (Phi) is 3.47. The summed E-state index contributed by atoms with van der Waals surface area (Å²) < 4.78 is 0. The van der Waals surface area contributed by atoms with Crippen molar-refractivity contribution in [1.82, 2.24) is 40.1 Å². The number of nitrogens with zero attached hydrogens (tertiary/aromatic N) is 6. The smallest absolute Gasteiger partial charge is 0.161 e. The summed E-state index contributed by atoms with van der Waals surface area (Å²) in [6.45, 7) is 0. The zero-order valence-electron chi connectivity index (χ0n) is 14.9. The minimum atomic E-state index is 0.638. The van der Waals surface area contributed by atoms with Crippen LogP contribution in [0.5, 0.6) is 0 Å². The van der Waals surface area contributed by atoms with Gasteiger partial charge in [-0.15, -0.1) is 0 Å². The van der Waals surface area contributed by atoms with Gasteiger partial charge in [-0.3, -0.25) is 20.1 Å². The van der Waals surface area contributed by atoms with Crippen LogP contribution in [-0.4, -0.2) is 40.1 Å². The number of fused-ring (bicyclic) bond motifs is 2. The van der Waals surface area contributed by atoms with Crippen LogP contribution < -0.4 is 0 Å². The second-order valence-corrected chi connectivity index (χ2v) is 7.22. The predicted octanol–water partition coefficient (Wildman–Crippen LogP) is 4.08. The van der Waals surface area contributed by atoms with Gasteiger partial charge in [0.25, 0.3) is 0 Å². The number of aromatic amines is 2. The Morgan fingerprint density at radius 2 is 1.83 bits per heavy atom. The van der Waals surface area contributed by atoms with E-state index in [0.29, 0.717) is 17.2 Å². The standard InChI is InChI=1S/C20H12N8S/c1-2-14-18(24-13(1)15-8-21-4-5-23-15)19(28-27-14)20-25-16-9-22-7-12(17(16)26-20)11-3-6-29-10-11/h1-10H,(H,25,26)(H,27,28). The molecule has 6 rings (SSSR count). The van der Waals surface area contributed by atoms with Crippen molar-refractivity contribution in [2.75, 3.05) is 0 Å². The maximum atomic E-state index is 4.82. The lowest BCUT2D eigenvalue weighted by atomic mass is 10.1. The number of thiophene rings is 1. The Bertz CT molecular complexity index is 1450. The minimum Gasteiger partial charge on any atom is -0.335 e. The summed E-state index contributed by atoms with van der Waals surface area (Å²) >= 11 is 1.64. The molecule has 0 aliphatic heterocycles. The highest BCUT2D eigenvalue weighted by Crippen LogP contribution is 2.31. The number of hydrogen-bond acceptors (Lipinski definition) is 7. The first-order chi connectivity index (χ1) is 14.4. The van der Waals surface area contributed by atoms with E-state index in [2.05, 4.69) is 41.6 Å². The molecule has 8 nitrogen and oxygen atoms in total. The lowest BCUT2D eigenvalue weighted by molar-refractivity contribution is 1.10. The molecule has 0 aliphatic carbocycles. The van der Waals surface area contributed by atoms with E-state index in [1.165, 1.54) is 0 Å². The molecule has 0 aromatic carbocycles. The van der Waals surface area contributed by atoms with Gasteiger partial charge in [-0.05, 0) is 34.5 Å². The molecule has 0 saturated carbocycles.